The van der Waals surface area contributed by atoms with Crippen molar-refractivity contribution >= 4 is 5.91 Å². The van der Waals surface area contributed by atoms with E-state index in [2.05, 4.69) is 25.5 Å². The van der Waals surface area contributed by atoms with Gasteiger partial charge < -0.3 is 9.84 Å². The lowest BCUT2D eigenvalue weighted by molar-refractivity contribution is 0.0951. The molecule has 8 nitrogen and oxygen atoms in total. The monoisotopic (exact) mass is 402 g/mol. The zero-order chi connectivity index (χ0) is 21.1. The van der Waals surface area contributed by atoms with Gasteiger partial charge in [-0.1, -0.05) is 5.16 Å². The van der Waals surface area contributed by atoms with Gasteiger partial charge in [-0.25, -0.2) is 0 Å². The first-order chi connectivity index (χ1) is 14.5. The van der Waals surface area contributed by atoms with Gasteiger partial charge in [-0.15, -0.1) is 0 Å². The van der Waals surface area contributed by atoms with Crippen LogP contribution in [0.15, 0.2) is 53.4 Å². The van der Waals surface area contributed by atoms with Crippen molar-refractivity contribution in [2.75, 3.05) is 6.54 Å². The molecule has 0 saturated carbocycles. The molecular weight excluding hydrogens is 380 g/mol. The highest BCUT2D eigenvalue weighted by Gasteiger charge is 2.18. The predicted octanol–water partition coefficient (Wildman–Crippen LogP) is 3.35. The quantitative estimate of drug-likeness (QED) is 0.531. The topological polar surface area (TPSA) is 98.7 Å². The van der Waals surface area contributed by atoms with Gasteiger partial charge in [-0.05, 0) is 45.0 Å². The van der Waals surface area contributed by atoms with Crippen molar-refractivity contribution in [3.63, 3.8) is 0 Å². The fourth-order valence-corrected chi connectivity index (χ4v) is 3.23. The third-order valence-corrected chi connectivity index (χ3v) is 4.78. The van der Waals surface area contributed by atoms with Crippen LogP contribution < -0.4 is 5.32 Å². The molecule has 0 bridgehead atoms. The van der Waals surface area contributed by atoms with Crippen molar-refractivity contribution in [3.8, 4) is 22.6 Å². The van der Waals surface area contributed by atoms with Gasteiger partial charge in [0.25, 0.3) is 5.91 Å². The smallest absolute Gasteiger partial charge is 0.253 e. The van der Waals surface area contributed by atoms with Crippen LogP contribution in [0.5, 0.6) is 0 Å². The van der Waals surface area contributed by atoms with E-state index in [-0.39, 0.29) is 5.91 Å². The number of nitrogens with one attached hydrogen (secondary N) is 1. The Morgan fingerprint density at radius 2 is 1.97 bits per heavy atom. The molecule has 0 aromatic carbocycles. The van der Waals surface area contributed by atoms with Crippen LogP contribution in [0.1, 0.15) is 27.4 Å². The highest BCUT2D eigenvalue weighted by molar-refractivity contribution is 5.95. The fourth-order valence-electron chi connectivity index (χ4n) is 3.23. The van der Waals surface area contributed by atoms with E-state index in [1.807, 2.05) is 49.8 Å². The second-order valence-electron chi connectivity index (χ2n) is 7.04. The molecule has 30 heavy (non-hydrogen) atoms. The van der Waals surface area contributed by atoms with Gasteiger partial charge in [0.1, 0.15) is 0 Å². The fraction of sp³-hybridized carbons (Fsp3) is 0.227. The van der Waals surface area contributed by atoms with Gasteiger partial charge in [0.2, 0.25) is 0 Å². The maximum atomic E-state index is 12.5. The molecule has 1 N–H and O–H groups in total. The Labute approximate surface area is 174 Å². The van der Waals surface area contributed by atoms with Gasteiger partial charge >= 0.3 is 0 Å². The lowest BCUT2D eigenvalue weighted by Crippen LogP contribution is -2.28. The molecule has 4 heterocycles. The number of hydrogen-bond donors (Lipinski definition) is 1. The Morgan fingerprint density at radius 1 is 1.10 bits per heavy atom. The molecule has 0 saturated heterocycles. The highest BCUT2D eigenvalue weighted by Crippen LogP contribution is 2.32. The summed E-state index contributed by atoms with van der Waals surface area (Å²) >= 11 is 0. The minimum absolute atomic E-state index is 0.155. The van der Waals surface area contributed by atoms with Crippen LogP contribution in [0.25, 0.3) is 22.6 Å². The number of pyridine rings is 2. The van der Waals surface area contributed by atoms with Crippen LogP contribution in [-0.4, -0.2) is 37.4 Å². The first-order valence-electron chi connectivity index (χ1n) is 9.65. The first kappa shape index (κ1) is 19.5. The number of hydrogen-bond acceptors (Lipinski definition) is 6. The SMILES string of the molecule is Cc1ccc(-c2c(-c3cc(C)no3)cnn2CCNC(=O)c2cccnc2C)cn1. The molecule has 1 amide bonds. The lowest BCUT2D eigenvalue weighted by Gasteiger charge is -2.11. The summed E-state index contributed by atoms with van der Waals surface area (Å²) in [5.74, 6) is 0.488. The van der Waals surface area contributed by atoms with Crippen molar-refractivity contribution < 1.29 is 9.32 Å². The molecular formula is C22H22N6O2. The molecule has 0 aliphatic heterocycles. The Bertz CT molecular complexity index is 1180. The van der Waals surface area contributed by atoms with Gasteiger partial charge in [0, 0.05) is 42.0 Å². The van der Waals surface area contributed by atoms with E-state index in [1.165, 1.54) is 0 Å². The summed E-state index contributed by atoms with van der Waals surface area (Å²) in [6.07, 6.45) is 5.24. The van der Waals surface area contributed by atoms with Crippen LogP contribution in [0.4, 0.5) is 0 Å². The number of nitrogens with zero attached hydrogens (tertiary/aromatic N) is 5. The maximum Gasteiger partial charge on any atom is 0.253 e. The molecule has 0 radical (unpaired) electrons. The number of rotatable bonds is 6. The molecule has 4 aromatic rings. The number of carbonyl (C=O) groups is 1. The van der Waals surface area contributed by atoms with Gasteiger partial charge in [-0.3, -0.25) is 19.4 Å². The molecule has 4 rings (SSSR count). The van der Waals surface area contributed by atoms with Crippen LogP contribution in [-0.2, 0) is 6.54 Å². The van der Waals surface area contributed by atoms with Crippen LogP contribution in [0.3, 0.4) is 0 Å². The molecule has 0 spiro atoms. The van der Waals surface area contributed by atoms with E-state index in [0.29, 0.717) is 30.1 Å². The summed E-state index contributed by atoms with van der Waals surface area (Å²) in [6, 6.07) is 9.34. The number of carbonyl (C=O) groups excluding carboxylic acids is 1. The average molecular weight is 402 g/mol. The van der Waals surface area contributed by atoms with Crippen molar-refractivity contribution in [2.45, 2.75) is 27.3 Å². The Hall–Kier alpha value is -3.81. The molecule has 0 fully saturated rings. The molecule has 0 aliphatic rings. The molecule has 8 heteroatoms. The second-order valence-corrected chi connectivity index (χ2v) is 7.04. The summed E-state index contributed by atoms with van der Waals surface area (Å²) < 4.78 is 7.31. The normalized spacial score (nSPS) is 10.9. The zero-order valence-corrected chi connectivity index (χ0v) is 17.1. The van der Waals surface area contributed by atoms with Crippen LogP contribution in [0.2, 0.25) is 0 Å². The van der Waals surface area contributed by atoms with E-state index in [1.54, 1.807) is 24.5 Å². The standard InChI is InChI=1S/C22H22N6O2/c1-14-6-7-17(12-25-14)21-19(20-11-15(2)27-30-20)13-26-28(21)10-9-24-22(29)18-5-4-8-23-16(18)3/h4-8,11-13H,9-10H2,1-3H3,(H,24,29). The zero-order valence-electron chi connectivity index (χ0n) is 17.1. The summed E-state index contributed by atoms with van der Waals surface area (Å²) in [6.45, 7) is 6.53. The summed E-state index contributed by atoms with van der Waals surface area (Å²) in [4.78, 5) is 21.0. The highest BCUT2D eigenvalue weighted by atomic mass is 16.5. The second kappa shape index (κ2) is 8.28. The van der Waals surface area contributed by atoms with Gasteiger partial charge in [-0.2, -0.15) is 5.10 Å². The lowest BCUT2D eigenvalue weighted by atomic mass is 10.1. The van der Waals surface area contributed by atoms with Crippen LogP contribution >= 0.6 is 0 Å². The molecule has 0 unspecified atom stereocenters. The van der Waals surface area contributed by atoms with E-state index >= 15 is 0 Å². The van der Waals surface area contributed by atoms with Crippen molar-refractivity contribution in [1.29, 1.82) is 0 Å². The Kier molecular flexibility index (Phi) is 5.38. The molecule has 152 valence electrons. The average Bonchev–Trinajstić information content (AvgIpc) is 3.35. The molecule has 0 atom stereocenters. The maximum absolute atomic E-state index is 12.5. The Balaban J connectivity index is 1.58. The van der Waals surface area contributed by atoms with Crippen LogP contribution in [0, 0.1) is 20.8 Å². The Morgan fingerprint density at radius 3 is 2.67 bits per heavy atom. The molecule has 0 aliphatic carbocycles. The number of aryl methyl sites for hydroxylation is 3. The van der Waals surface area contributed by atoms with Crippen molar-refractivity contribution in [1.82, 2.24) is 30.2 Å². The summed E-state index contributed by atoms with van der Waals surface area (Å²) in [5, 5.41) is 11.5. The van der Waals surface area contributed by atoms with E-state index in [9.17, 15) is 4.79 Å². The third-order valence-electron chi connectivity index (χ3n) is 4.78. The number of aromatic nitrogens is 5. The van der Waals surface area contributed by atoms with E-state index < -0.39 is 0 Å². The minimum atomic E-state index is -0.155. The molecule has 4 aromatic heterocycles. The van der Waals surface area contributed by atoms with Gasteiger partial charge in [0.15, 0.2) is 5.76 Å². The van der Waals surface area contributed by atoms with Crippen molar-refractivity contribution in [3.05, 3.63) is 71.6 Å². The summed E-state index contributed by atoms with van der Waals surface area (Å²) in [5.41, 5.74) is 5.60. The van der Waals surface area contributed by atoms with E-state index in [0.717, 1.165) is 28.2 Å². The number of amides is 1. The third kappa shape index (κ3) is 3.98. The van der Waals surface area contributed by atoms with E-state index in [4.69, 9.17) is 4.52 Å². The minimum Gasteiger partial charge on any atom is -0.356 e. The first-order valence-corrected chi connectivity index (χ1v) is 9.65. The van der Waals surface area contributed by atoms with Crippen molar-refractivity contribution in [2.24, 2.45) is 0 Å². The van der Waals surface area contributed by atoms with Gasteiger partial charge in [0.05, 0.1) is 35.3 Å². The largest absolute Gasteiger partial charge is 0.356 e. The predicted molar refractivity (Wildman–Crippen MR) is 112 cm³/mol. The summed E-state index contributed by atoms with van der Waals surface area (Å²) in [7, 11) is 0.